The molecule has 2 aromatic rings. The summed E-state index contributed by atoms with van der Waals surface area (Å²) in [6, 6.07) is 1.54. The monoisotopic (exact) mass is 229 g/mol. The highest BCUT2D eigenvalue weighted by atomic mass is 16.2. The molecule has 0 saturated heterocycles. The minimum absolute atomic E-state index is 0.0896. The van der Waals surface area contributed by atoms with Crippen LogP contribution in [-0.4, -0.2) is 36.9 Å². The fourth-order valence-electron chi connectivity index (χ4n) is 1.73. The van der Waals surface area contributed by atoms with E-state index in [1.165, 1.54) is 24.8 Å². The standard InChI is InChI=1S/C10H7N5O2/c16-9-6-1-2-11-3-7(6)10(17)15(9)4-8-12-5-13-14-8/h1-3,5H,4H2,(H,12,13,14). The number of imide groups is 1. The Balaban J connectivity index is 1.95. The van der Waals surface area contributed by atoms with Crippen molar-refractivity contribution in [3.63, 3.8) is 0 Å². The molecule has 0 atom stereocenters. The fraction of sp³-hybridized carbons (Fsp3) is 0.100. The zero-order valence-electron chi connectivity index (χ0n) is 8.62. The molecule has 0 aromatic carbocycles. The van der Waals surface area contributed by atoms with Crippen LogP contribution in [0.25, 0.3) is 0 Å². The lowest BCUT2D eigenvalue weighted by Crippen LogP contribution is -2.29. The third-order valence-electron chi connectivity index (χ3n) is 2.54. The molecule has 3 heterocycles. The van der Waals surface area contributed by atoms with Gasteiger partial charge in [0.25, 0.3) is 11.8 Å². The maximum Gasteiger partial charge on any atom is 0.263 e. The number of amides is 2. The van der Waals surface area contributed by atoms with Crippen LogP contribution in [0.2, 0.25) is 0 Å². The molecule has 84 valence electrons. The van der Waals surface area contributed by atoms with Crippen LogP contribution >= 0.6 is 0 Å². The summed E-state index contributed by atoms with van der Waals surface area (Å²) in [7, 11) is 0. The molecule has 2 aromatic heterocycles. The lowest BCUT2D eigenvalue weighted by Gasteiger charge is -2.10. The van der Waals surface area contributed by atoms with Crippen molar-refractivity contribution in [2.45, 2.75) is 6.54 Å². The smallest absolute Gasteiger partial charge is 0.263 e. The summed E-state index contributed by atoms with van der Waals surface area (Å²) >= 11 is 0. The van der Waals surface area contributed by atoms with Gasteiger partial charge < -0.3 is 0 Å². The fourth-order valence-corrected chi connectivity index (χ4v) is 1.73. The number of aromatic nitrogens is 4. The molecule has 17 heavy (non-hydrogen) atoms. The van der Waals surface area contributed by atoms with Gasteiger partial charge in [0.1, 0.15) is 12.2 Å². The van der Waals surface area contributed by atoms with Crippen molar-refractivity contribution in [1.82, 2.24) is 25.1 Å². The van der Waals surface area contributed by atoms with Gasteiger partial charge in [-0.2, -0.15) is 5.10 Å². The van der Waals surface area contributed by atoms with Crippen LogP contribution in [0.5, 0.6) is 0 Å². The summed E-state index contributed by atoms with van der Waals surface area (Å²) in [5.41, 5.74) is 0.710. The Kier molecular flexibility index (Phi) is 1.97. The molecular weight excluding hydrogens is 222 g/mol. The zero-order valence-corrected chi connectivity index (χ0v) is 8.62. The van der Waals surface area contributed by atoms with E-state index in [0.29, 0.717) is 17.0 Å². The van der Waals surface area contributed by atoms with Gasteiger partial charge in [-0.05, 0) is 6.07 Å². The van der Waals surface area contributed by atoms with Gasteiger partial charge in [-0.15, -0.1) is 0 Å². The second-order valence-corrected chi connectivity index (χ2v) is 3.55. The van der Waals surface area contributed by atoms with E-state index in [0.717, 1.165) is 4.90 Å². The third-order valence-corrected chi connectivity index (χ3v) is 2.54. The Morgan fingerprint density at radius 3 is 2.76 bits per heavy atom. The summed E-state index contributed by atoms with van der Waals surface area (Å²) in [6.45, 7) is 0.0896. The number of H-pyrrole nitrogens is 1. The molecule has 0 unspecified atom stereocenters. The van der Waals surface area contributed by atoms with Crippen LogP contribution in [0, 0.1) is 0 Å². The van der Waals surface area contributed by atoms with Crippen LogP contribution < -0.4 is 0 Å². The Bertz CT molecular complexity index is 558. The van der Waals surface area contributed by atoms with Gasteiger partial charge in [0.2, 0.25) is 0 Å². The summed E-state index contributed by atoms with van der Waals surface area (Å²) in [5.74, 6) is -0.217. The van der Waals surface area contributed by atoms with E-state index in [9.17, 15) is 9.59 Å². The lowest BCUT2D eigenvalue weighted by atomic mass is 10.2. The predicted octanol–water partition coefficient (Wildman–Crippen LogP) is -0.00410. The largest absolute Gasteiger partial charge is 0.269 e. The zero-order chi connectivity index (χ0) is 11.8. The third kappa shape index (κ3) is 1.40. The Hall–Kier alpha value is -2.57. The number of nitrogens with zero attached hydrogens (tertiary/aromatic N) is 4. The Morgan fingerprint density at radius 1 is 1.24 bits per heavy atom. The molecule has 0 saturated carbocycles. The second-order valence-electron chi connectivity index (χ2n) is 3.55. The number of nitrogens with one attached hydrogen (secondary N) is 1. The topological polar surface area (TPSA) is 91.8 Å². The quantitative estimate of drug-likeness (QED) is 0.731. The van der Waals surface area contributed by atoms with Crippen molar-refractivity contribution in [3.05, 3.63) is 41.7 Å². The van der Waals surface area contributed by atoms with E-state index in [2.05, 4.69) is 20.2 Å². The summed E-state index contributed by atoms with van der Waals surface area (Å²) < 4.78 is 0. The van der Waals surface area contributed by atoms with Crippen molar-refractivity contribution in [3.8, 4) is 0 Å². The maximum atomic E-state index is 11.9. The van der Waals surface area contributed by atoms with Crippen LogP contribution in [0.4, 0.5) is 0 Å². The van der Waals surface area contributed by atoms with Crippen molar-refractivity contribution >= 4 is 11.8 Å². The first kappa shape index (κ1) is 9.64. The van der Waals surface area contributed by atoms with Gasteiger partial charge in [-0.1, -0.05) is 0 Å². The molecule has 2 amide bonds. The van der Waals surface area contributed by atoms with Crippen LogP contribution in [0.15, 0.2) is 24.8 Å². The minimum Gasteiger partial charge on any atom is -0.269 e. The van der Waals surface area contributed by atoms with E-state index >= 15 is 0 Å². The summed E-state index contributed by atoms with van der Waals surface area (Å²) in [6.07, 6.45) is 4.22. The molecule has 7 nitrogen and oxygen atoms in total. The molecule has 0 bridgehead atoms. The highest BCUT2D eigenvalue weighted by Crippen LogP contribution is 2.22. The highest BCUT2D eigenvalue weighted by molar-refractivity contribution is 6.21. The van der Waals surface area contributed by atoms with Crippen molar-refractivity contribution < 1.29 is 9.59 Å². The number of hydrogen-bond acceptors (Lipinski definition) is 5. The van der Waals surface area contributed by atoms with Crippen molar-refractivity contribution in [2.75, 3.05) is 0 Å². The number of pyridine rings is 1. The Morgan fingerprint density at radius 2 is 2.06 bits per heavy atom. The van der Waals surface area contributed by atoms with Crippen LogP contribution in [0.1, 0.15) is 26.5 Å². The van der Waals surface area contributed by atoms with Crippen LogP contribution in [0.3, 0.4) is 0 Å². The van der Waals surface area contributed by atoms with Gasteiger partial charge in [-0.3, -0.25) is 24.6 Å². The van der Waals surface area contributed by atoms with E-state index in [1.54, 1.807) is 0 Å². The van der Waals surface area contributed by atoms with E-state index in [-0.39, 0.29) is 18.4 Å². The molecular formula is C10H7N5O2. The van der Waals surface area contributed by atoms with E-state index in [4.69, 9.17) is 0 Å². The van der Waals surface area contributed by atoms with Gasteiger partial charge in [-0.25, -0.2) is 4.98 Å². The molecule has 1 aliphatic rings. The number of carbonyl (C=O) groups is 2. The number of carbonyl (C=O) groups excluding carboxylic acids is 2. The predicted molar refractivity (Wildman–Crippen MR) is 54.8 cm³/mol. The van der Waals surface area contributed by atoms with Crippen molar-refractivity contribution in [1.29, 1.82) is 0 Å². The average Bonchev–Trinajstić information content (AvgIpc) is 2.94. The molecule has 0 spiro atoms. The molecule has 1 aliphatic heterocycles. The summed E-state index contributed by atoms with van der Waals surface area (Å²) in [5, 5.41) is 6.27. The van der Waals surface area contributed by atoms with E-state index < -0.39 is 0 Å². The Labute approximate surface area is 95.5 Å². The maximum absolute atomic E-state index is 11.9. The normalized spacial score (nSPS) is 14.2. The van der Waals surface area contributed by atoms with Gasteiger partial charge in [0.15, 0.2) is 0 Å². The first-order chi connectivity index (χ1) is 8.27. The number of fused-ring (bicyclic) bond motifs is 1. The average molecular weight is 229 g/mol. The van der Waals surface area contributed by atoms with Crippen molar-refractivity contribution in [2.24, 2.45) is 0 Å². The molecule has 7 heteroatoms. The molecule has 3 rings (SSSR count). The number of hydrogen-bond donors (Lipinski definition) is 1. The van der Waals surface area contributed by atoms with E-state index in [1.807, 2.05) is 0 Å². The summed E-state index contributed by atoms with van der Waals surface area (Å²) in [4.78, 5) is 32.7. The first-order valence-corrected chi connectivity index (χ1v) is 4.92. The highest BCUT2D eigenvalue weighted by Gasteiger charge is 2.35. The molecule has 0 radical (unpaired) electrons. The van der Waals surface area contributed by atoms with Gasteiger partial charge >= 0.3 is 0 Å². The minimum atomic E-state index is -0.352. The SMILES string of the molecule is O=C1c2ccncc2C(=O)N1Cc1ncn[nH]1. The molecule has 0 aliphatic carbocycles. The van der Waals surface area contributed by atoms with Crippen LogP contribution in [-0.2, 0) is 6.54 Å². The lowest BCUT2D eigenvalue weighted by molar-refractivity contribution is 0.0638. The molecule has 0 fully saturated rings. The van der Waals surface area contributed by atoms with Gasteiger partial charge in [0.05, 0.1) is 17.7 Å². The van der Waals surface area contributed by atoms with Gasteiger partial charge in [0, 0.05) is 12.4 Å². The number of aromatic amines is 1. The number of rotatable bonds is 2. The molecule has 1 N–H and O–H groups in total. The second kappa shape index (κ2) is 3.48. The first-order valence-electron chi connectivity index (χ1n) is 4.92.